The van der Waals surface area contributed by atoms with Crippen LogP contribution in [0.2, 0.25) is 0 Å². The number of fused-ring (bicyclic) bond motifs is 2. The molecule has 2 aliphatic rings. The molecule has 0 bridgehead atoms. The minimum atomic E-state index is -4.27. The third kappa shape index (κ3) is 7.84. The zero-order valence-corrected chi connectivity index (χ0v) is 28.2. The van der Waals surface area contributed by atoms with Crippen LogP contribution < -0.4 is 10.1 Å². The summed E-state index contributed by atoms with van der Waals surface area (Å²) in [5, 5.41) is 15.0. The minimum Gasteiger partial charge on any atom is -0.496 e. The molecular weight excluding hydrogens is 650 g/mol. The first-order valence-electron chi connectivity index (χ1n) is 15.6. The Morgan fingerprint density at radius 3 is 2.49 bits per heavy atom. The van der Waals surface area contributed by atoms with E-state index >= 15 is 0 Å². The molecule has 2 saturated heterocycles. The predicted octanol–water partition coefficient (Wildman–Crippen LogP) is 4.59. The van der Waals surface area contributed by atoms with E-state index < -0.39 is 22.3 Å². The van der Waals surface area contributed by atoms with E-state index in [1.54, 1.807) is 19.4 Å². The number of piperazine rings is 1. The molecule has 15 heteroatoms. The smallest absolute Gasteiger partial charge is 0.393 e. The van der Waals surface area contributed by atoms with Gasteiger partial charge in [-0.05, 0) is 36.9 Å². The Hall–Kier alpha value is -3.42. The van der Waals surface area contributed by atoms with E-state index in [2.05, 4.69) is 47.7 Å². The maximum atomic E-state index is 12.9. The lowest BCUT2D eigenvalue weighted by atomic mass is 10.0. The van der Waals surface area contributed by atoms with Crippen LogP contribution in [0, 0.1) is 11.3 Å². The molecule has 0 spiro atoms. The molecule has 3 aromatic heterocycles. The Labute approximate surface area is 276 Å². The van der Waals surface area contributed by atoms with E-state index in [4.69, 9.17) is 4.74 Å². The maximum absolute atomic E-state index is 12.9. The van der Waals surface area contributed by atoms with Crippen molar-refractivity contribution in [3.63, 3.8) is 0 Å². The second-order valence-electron chi connectivity index (χ2n) is 12.4. The molecule has 0 saturated carbocycles. The molecule has 0 radical (unpaired) electrons. The molecule has 6 rings (SSSR count). The van der Waals surface area contributed by atoms with Crippen molar-refractivity contribution in [3.8, 4) is 11.8 Å². The average Bonchev–Trinajstić information content (AvgIpc) is 3.59. The fourth-order valence-corrected chi connectivity index (χ4v) is 8.50. The van der Waals surface area contributed by atoms with E-state index in [0.717, 1.165) is 79.1 Å². The summed E-state index contributed by atoms with van der Waals surface area (Å²) < 4.78 is 61.0. The molecule has 1 atom stereocenters. The Bertz CT molecular complexity index is 1880. The number of alkyl halides is 3. The molecule has 1 unspecified atom stereocenters. The average molecular weight is 689 g/mol. The van der Waals surface area contributed by atoms with Crippen molar-refractivity contribution < 1.29 is 22.1 Å². The molecule has 0 amide bonds. The van der Waals surface area contributed by atoms with Crippen LogP contribution in [-0.2, 0) is 29.2 Å². The van der Waals surface area contributed by atoms with Crippen LogP contribution in [0.1, 0.15) is 29.0 Å². The highest BCUT2D eigenvalue weighted by molar-refractivity contribution is 7.97. The van der Waals surface area contributed by atoms with Gasteiger partial charge in [0.15, 0.2) is 0 Å². The highest BCUT2D eigenvalue weighted by Gasteiger charge is 2.29. The topological polar surface area (TPSA) is 103 Å². The van der Waals surface area contributed by atoms with Crippen molar-refractivity contribution in [3.05, 3.63) is 46.7 Å². The normalized spacial score (nSPS) is 18.8. The van der Waals surface area contributed by atoms with Crippen LogP contribution in [-0.4, -0.2) is 110 Å². The van der Waals surface area contributed by atoms with Crippen LogP contribution in [0.3, 0.4) is 0 Å². The second-order valence-corrected chi connectivity index (χ2v) is 15.9. The molecule has 1 aromatic carbocycles. The number of piperidine rings is 1. The molecular formula is C32H39F3N8O2S2. The van der Waals surface area contributed by atoms with Crippen molar-refractivity contribution >= 4 is 53.9 Å². The van der Waals surface area contributed by atoms with Crippen molar-refractivity contribution in [1.29, 1.82) is 5.26 Å². The predicted molar refractivity (Wildman–Crippen MR) is 182 cm³/mol. The summed E-state index contributed by atoms with van der Waals surface area (Å²) in [6, 6.07) is 10.1. The number of halogens is 3. The highest BCUT2D eigenvalue weighted by atomic mass is 32.2. The number of benzene rings is 1. The zero-order valence-electron chi connectivity index (χ0n) is 26.6. The number of hydrogen-bond acceptors (Lipinski definition) is 9. The van der Waals surface area contributed by atoms with Gasteiger partial charge in [-0.25, -0.2) is 14.3 Å². The van der Waals surface area contributed by atoms with Crippen LogP contribution in [0.25, 0.3) is 21.1 Å². The van der Waals surface area contributed by atoms with E-state index in [1.165, 1.54) is 6.33 Å². The zero-order chi connectivity index (χ0) is 33.3. The summed E-state index contributed by atoms with van der Waals surface area (Å²) in [6.45, 7) is 6.84. The monoisotopic (exact) mass is 688 g/mol. The summed E-state index contributed by atoms with van der Waals surface area (Å²) in [5.41, 5.74) is 2.61. The minimum absolute atomic E-state index is 0.139. The first kappa shape index (κ1) is 33.5. The Kier molecular flexibility index (Phi) is 9.69. The number of aromatic nitrogens is 3. The summed E-state index contributed by atoms with van der Waals surface area (Å²) >= 11 is 1.05. The molecule has 2 fully saturated rings. The SMILES string of the molecule is C=S(C)(=O)N1CCN(CCn2c(C#N)cc3cc(CN4CCC(Nc5ncnc6sc(CC(F)(F)F)cc56)CC4)c(OC)cc32)CC1. The standard InChI is InChI=1S/C32H39F3N8O2S2/c1-45-29-17-28-22(15-25(19-36)43(28)13-10-40-8-11-42(12-9-40)47(2,3)44)14-23(29)20-41-6-4-24(5-7-41)39-30-27-16-26(18-32(33,34)35)46-31(27)38-21-37-30/h14-17,21,24H,2,4-13,18,20H2,1,3H3,(H,37,38,39). The Balaban J connectivity index is 1.09. The van der Waals surface area contributed by atoms with Gasteiger partial charge in [0, 0.05) is 103 Å². The largest absolute Gasteiger partial charge is 0.496 e. The number of likely N-dealkylation sites (tertiary alicyclic amines) is 1. The second kappa shape index (κ2) is 13.6. The molecule has 4 aromatic rings. The van der Waals surface area contributed by atoms with Crippen LogP contribution in [0.15, 0.2) is 30.6 Å². The molecule has 1 N–H and O–H groups in total. The van der Waals surface area contributed by atoms with Gasteiger partial charge in [-0.2, -0.15) is 18.4 Å². The van der Waals surface area contributed by atoms with Gasteiger partial charge in [0.2, 0.25) is 0 Å². The van der Waals surface area contributed by atoms with Crippen molar-refractivity contribution in [2.45, 2.75) is 44.6 Å². The van der Waals surface area contributed by atoms with E-state index in [-0.39, 0.29) is 10.9 Å². The summed E-state index contributed by atoms with van der Waals surface area (Å²) in [6.07, 6.45) is -0.453. The number of nitrogens with one attached hydrogen (secondary N) is 1. The number of rotatable bonds is 10. The van der Waals surface area contributed by atoms with E-state index in [9.17, 15) is 22.6 Å². The molecule has 10 nitrogen and oxygen atoms in total. The number of thiophene rings is 1. The lowest BCUT2D eigenvalue weighted by molar-refractivity contribution is -0.126. The highest BCUT2D eigenvalue weighted by Crippen LogP contribution is 2.34. The van der Waals surface area contributed by atoms with Gasteiger partial charge in [-0.1, -0.05) is 0 Å². The van der Waals surface area contributed by atoms with Crippen molar-refractivity contribution in [1.82, 2.24) is 28.6 Å². The van der Waals surface area contributed by atoms with Gasteiger partial charge in [-0.15, -0.1) is 11.3 Å². The van der Waals surface area contributed by atoms with Gasteiger partial charge in [0.25, 0.3) is 0 Å². The fourth-order valence-electron chi connectivity index (χ4n) is 6.54. The van der Waals surface area contributed by atoms with Gasteiger partial charge in [0.05, 0.1) is 24.4 Å². The van der Waals surface area contributed by atoms with E-state index in [0.29, 0.717) is 47.9 Å². The molecule has 2 aliphatic heterocycles. The number of methoxy groups -OCH3 is 1. The lowest BCUT2D eigenvalue weighted by Crippen LogP contribution is -2.48. The summed E-state index contributed by atoms with van der Waals surface area (Å²) in [4.78, 5) is 14.0. The first-order chi connectivity index (χ1) is 22.4. The van der Waals surface area contributed by atoms with Gasteiger partial charge in [0.1, 0.15) is 34.5 Å². The van der Waals surface area contributed by atoms with Gasteiger partial charge in [-0.3, -0.25) is 14.0 Å². The third-order valence-electron chi connectivity index (χ3n) is 9.01. The quantitative estimate of drug-likeness (QED) is 0.242. The van der Waals surface area contributed by atoms with Crippen LogP contribution in [0.5, 0.6) is 5.75 Å². The van der Waals surface area contributed by atoms with Crippen molar-refractivity contribution in [2.24, 2.45) is 0 Å². The fraction of sp³-hybridized carbons (Fsp3) is 0.500. The third-order valence-corrected chi connectivity index (χ3v) is 11.5. The summed E-state index contributed by atoms with van der Waals surface area (Å²) in [7, 11) is -0.525. The number of anilines is 1. The maximum Gasteiger partial charge on any atom is 0.393 e. The molecule has 252 valence electrons. The molecule has 0 aliphatic carbocycles. The Morgan fingerprint density at radius 2 is 1.83 bits per heavy atom. The van der Waals surface area contributed by atoms with E-state index in [1.807, 2.05) is 16.4 Å². The summed E-state index contributed by atoms with van der Waals surface area (Å²) in [5.74, 6) is 5.16. The first-order valence-corrected chi connectivity index (χ1v) is 18.5. The lowest BCUT2D eigenvalue weighted by Gasteiger charge is -2.35. The number of hydrogen-bond donors (Lipinski definition) is 1. The number of nitriles is 1. The van der Waals surface area contributed by atoms with Gasteiger partial charge >= 0.3 is 6.18 Å². The Morgan fingerprint density at radius 1 is 1.09 bits per heavy atom. The number of ether oxygens (including phenoxy) is 1. The van der Waals surface area contributed by atoms with Gasteiger partial charge < -0.3 is 14.6 Å². The van der Waals surface area contributed by atoms with Crippen LogP contribution in [0.4, 0.5) is 19.0 Å². The van der Waals surface area contributed by atoms with Crippen LogP contribution >= 0.6 is 11.3 Å². The number of nitrogens with zero attached hydrogens (tertiary/aromatic N) is 7. The molecule has 5 heterocycles. The molecule has 47 heavy (non-hydrogen) atoms. The van der Waals surface area contributed by atoms with Crippen molar-refractivity contribution in [2.75, 3.05) is 64.5 Å².